The van der Waals surface area contributed by atoms with Gasteiger partial charge in [0.2, 0.25) is 0 Å². The smallest absolute Gasteiger partial charge is 0.359 e. The molecule has 1 aliphatic carbocycles. The molecule has 0 aromatic heterocycles. The van der Waals surface area contributed by atoms with Crippen molar-refractivity contribution in [3.8, 4) is 17.6 Å². The van der Waals surface area contributed by atoms with Crippen molar-refractivity contribution < 1.29 is 23.8 Å². The van der Waals surface area contributed by atoms with E-state index in [1.54, 1.807) is 12.1 Å². The number of thiocarbonyl (C=S) groups is 1. The average Bonchev–Trinajstić information content (AvgIpc) is 3.11. The lowest BCUT2D eigenvalue weighted by Gasteiger charge is -2.24. The van der Waals surface area contributed by atoms with Crippen LogP contribution < -0.4 is 4.74 Å². The van der Waals surface area contributed by atoms with Crippen molar-refractivity contribution in [1.29, 1.82) is 0 Å². The standard InChI is InChI=1S/C24H30O5S/c1-3-4-11-18-16-17-20(25)23(18)21(14-9-6-10-15-22(26)27-2)29-24(30)28-19-12-7-5-8-13-19/h5,7-8,12-13,18,21,23H,3-4,6,10-11,15-17H2,1-2H3. The largest absolute Gasteiger partial charge is 0.469 e. The van der Waals surface area contributed by atoms with E-state index in [9.17, 15) is 9.59 Å². The zero-order valence-electron chi connectivity index (χ0n) is 17.7. The van der Waals surface area contributed by atoms with E-state index >= 15 is 0 Å². The van der Waals surface area contributed by atoms with Gasteiger partial charge in [-0.1, -0.05) is 49.8 Å². The number of esters is 1. The molecule has 0 aliphatic heterocycles. The van der Waals surface area contributed by atoms with Crippen molar-refractivity contribution in [2.24, 2.45) is 11.8 Å². The Balaban J connectivity index is 2.07. The molecule has 0 amide bonds. The first-order chi connectivity index (χ1) is 14.5. The minimum absolute atomic E-state index is 0.0380. The van der Waals surface area contributed by atoms with E-state index in [1.165, 1.54) is 7.11 Å². The molecule has 3 unspecified atom stereocenters. The summed E-state index contributed by atoms with van der Waals surface area (Å²) in [5.41, 5.74) is 0. The van der Waals surface area contributed by atoms with Crippen LogP contribution in [0.4, 0.5) is 0 Å². The minimum Gasteiger partial charge on any atom is -0.469 e. The molecule has 0 radical (unpaired) electrons. The number of carbonyl (C=O) groups is 2. The van der Waals surface area contributed by atoms with Gasteiger partial charge in [0.25, 0.3) is 0 Å². The maximum atomic E-state index is 12.7. The number of rotatable bonds is 9. The minimum atomic E-state index is -0.642. The second-order valence-electron chi connectivity index (χ2n) is 7.39. The highest BCUT2D eigenvalue weighted by atomic mass is 32.1. The van der Waals surface area contributed by atoms with Gasteiger partial charge < -0.3 is 14.2 Å². The quantitative estimate of drug-likeness (QED) is 0.241. The third kappa shape index (κ3) is 7.79. The number of hydrogen-bond acceptors (Lipinski definition) is 6. The van der Waals surface area contributed by atoms with Crippen LogP contribution in [0.25, 0.3) is 0 Å². The molecular weight excluding hydrogens is 400 g/mol. The van der Waals surface area contributed by atoms with Gasteiger partial charge in [-0.2, -0.15) is 0 Å². The Labute approximate surface area is 184 Å². The molecule has 6 heteroatoms. The Hall–Kier alpha value is -2.39. The number of ether oxygens (including phenoxy) is 3. The Morgan fingerprint density at radius 1 is 1.27 bits per heavy atom. The molecule has 0 N–H and O–H groups in total. The van der Waals surface area contributed by atoms with Crippen molar-refractivity contribution in [1.82, 2.24) is 0 Å². The van der Waals surface area contributed by atoms with Crippen molar-refractivity contribution in [3.05, 3.63) is 30.3 Å². The molecule has 0 bridgehead atoms. The van der Waals surface area contributed by atoms with Crippen molar-refractivity contribution in [2.75, 3.05) is 7.11 Å². The lowest BCUT2D eigenvalue weighted by molar-refractivity contribution is -0.140. The fraction of sp³-hybridized carbons (Fsp3) is 0.542. The molecule has 2 rings (SSSR count). The zero-order chi connectivity index (χ0) is 21.8. The summed E-state index contributed by atoms with van der Waals surface area (Å²) in [6.45, 7) is 2.14. The first-order valence-corrected chi connectivity index (χ1v) is 11.0. The molecule has 1 aromatic carbocycles. The van der Waals surface area contributed by atoms with E-state index in [-0.39, 0.29) is 28.8 Å². The van der Waals surface area contributed by atoms with Gasteiger partial charge >= 0.3 is 11.2 Å². The number of hydrogen-bond donors (Lipinski definition) is 0. The fourth-order valence-electron chi connectivity index (χ4n) is 3.64. The van der Waals surface area contributed by atoms with Crippen molar-refractivity contribution in [2.45, 2.75) is 64.4 Å². The van der Waals surface area contributed by atoms with Crippen molar-refractivity contribution in [3.63, 3.8) is 0 Å². The molecule has 5 nitrogen and oxygen atoms in total. The van der Waals surface area contributed by atoms with Gasteiger partial charge in [0, 0.05) is 31.5 Å². The monoisotopic (exact) mass is 430 g/mol. The van der Waals surface area contributed by atoms with Gasteiger partial charge in [-0.05, 0) is 37.3 Å². The van der Waals surface area contributed by atoms with Crippen LogP contribution in [-0.4, -0.2) is 30.2 Å². The number of carbonyl (C=O) groups excluding carboxylic acids is 2. The summed E-state index contributed by atoms with van der Waals surface area (Å²) in [6, 6.07) is 9.15. The number of Topliss-reactive ketones (excluding diaryl/α,β-unsaturated/α-hetero) is 1. The van der Waals surface area contributed by atoms with E-state index in [2.05, 4.69) is 23.5 Å². The fourth-order valence-corrected chi connectivity index (χ4v) is 3.84. The summed E-state index contributed by atoms with van der Waals surface area (Å²) >= 11 is 5.28. The maximum Gasteiger partial charge on any atom is 0.359 e. The molecule has 1 aliphatic rings. The SMILES string of the molecule is CCCCC1CCC(=O)C1C(C#CCCCC(=O)OC)OC(=S)Oc1ccccc1. The Kier molecular flexibility index (Phi) is 10.4. The van der Waals surface area contributed by atoms with Crippen LogP contribution >= 0.6 is 12.2 Å². The van der Waals surface area contributed by atoms with Crippen LogP contribution in [0.3, 0.4) is 0 Å². The van der Waals surface area contributed by atoms with E-state index in [4.69, 9.17) is 21.7 Å². The molecule has 30 heavy (non-hydrogen) atoms. The van der Waals surface area contributed by atoms with Gasteiger partial charge in [-0.3, -0.25) is 9.59 Å². The van der Waals surface area contributed by atoms with Gasteiger partial charge in [0.15, 0.2) is 6.10 Å². The van der Waals surface area contributed by atoms with E-state index in [1.807, 2.05) is 18.2 Å². The molecule has 1 saturated carbocycles. The lowest BCUT2D eigenvalue weighted by Crippen LogP contribution is -2.33. The molecule has 0 heterocycles. The topological polar surface area (TPSA) is 61.8 Å². The third-order valence-electron chi connectivity index (χ3n) is 5.22. The Bertz CT molecular complexity index is 765. The van der Waals surface area contributed by atoms with Gasteiger partial charge in [0.1, 0.15) is 11.5 Å². The molecule has 1 aromatic rings. The van der Waals surface area contributed by atoms with Crippen LogP contribution in [0.2, 0.25) is 0 Å². The second kappa shape index (κ2) is 13.0. The van der Waals surface area contributed by atoms with Gasteiger partial charge in [-0.25, -0.2) is 0 Å². The van der Waals surface area contributed by atoms with Gasteiger partial charge in [-0.15, -0.1) is 0 Å². The van der Waals surface area contributed by atoms with E-state index in [0.29, 0.717) is 31.4 Å². The molecule has 3 atom stereocenters. The average molecular weight is 431 g/mol. The summed E-state index contributed by atoms with van der Waals surface area (Å²) in [7, 11) is 1.37. The summed E-state index contributed by atoms with van der Waals surface area (Å²) in [5, 5.41) is -0.0380. The molecule has 1 fully saturated rings. The number of para-hydroxylation sites is 1. The summed E-state index contributed by atoms with van der Waals surface area (Å²) in [6.07, 6.45) is 5.32. The first kappa shape index (κ1) is 23.9. The molecular formula is C24H30O5S. The van der Waals surface area contributed by atoms with Crippen LogP contribution in [0.15, 0.2) is 30.3 Å². The number of benzene rings is 1. The lowest BCUT2D eigenvalue weighted by atomic mass is 9.86. The predicted molar refractivity (Wildman–Crippen MR) is 119 cm³/mol. The number of unbranched alkanes of at least 4 members (excludes halogenated alkanes) is 2. The highest BCUT2D eigenvalue weighted by molar-refractivity contribution is 7.79. The summed E-state index contributed by atoms with van der Waals surface area (Å²) in [5.74, 6) is 6.58. The Morgan fingerprint density at radius 3 is 2.73 bits per heavy atom. The second-order valence-corrected chi connectivity index (χ2v) is 7.72. The van der Waals surface area contributed by atoms with Crippen molar-refractivity contribution >= 4 is 29.2 Å². The summed E-state index contributed by atoms with van der Waals surface area (Å²) in [4.78, 5) is 23.9. The maximum absolute atomic E-state index is 12.7. The first-order valence-electron chi connectivity index (χ1n) is 10.6. The highest BCUT2D eigenvalue weighted by Crippen LogP contribution is 2.36. The van der Waals surface area contributed by atoms with Gasteiger partial charge in [0.05, 0.1) is 13.0 Å². The number of methoxy groups -OCH3 is 1. The Morgan fingerprint density at radius 2 is 2.03 bits per heavy atom. The molecule has 162 valence electrons. The highest BCUT2D eigenvalue weighted by Gasteiger charge is 2.41. The van der Waals surface area contributed by atoms with Crippen LogP contribution in [0.5, 0.6) is 5.75 Å². The van der Waals surface area contributed by atoms with Crippen LogP contribution in [0, 0.1) is 23.7 Å². The van der Waals surface area contributed by atoms with E-state index in [0.717, 1.165) is 25.7 Å². The predicted octanol–water partition coefficient (Wildman–Crippen LogP) is 4.87. The van der Waals surface area contributed by atoms with Crippen LogP contribution in [-0.2, 0) is 19.1 Å². The number of ketones is 1. The van der Waals surface area contributed by atoms with Crippen LogP contribution in [0.1, 0.15) is 58.3 Å². The normalized spacial score (nSPS) is 18.8. The molecule has 0 spiro atoms. The zero-order valence-corrected chi connectivity index (χ0v) is 18.5. The molecule has 0 saturated heterocycles. The third-order valence-corrected chi connectivity index (χ3v) is 5.40. The summed E-state index contributed by atoms with van der Waals surface area (Å²) < 4.78 is 16.1. The van der Waals surface area contributed by atoms with E-state index < -0.39 is 6.10 Å².